The Morgan fingerprint density at radius 1 is 1.62 bits per heavy atom. The Kier molecular flexibility index (Phi) is 3.77. The summed E-state index contributed by atoms with van der Waals surface area (Å²) >= 11 is 4.12. The summed E-state index contributed by atoms with van der Waals surface area (Å²) in [4.78, 5) is 16.8. The molecule has 8 heavy (non-hydrogen) atoms. The first-order valence-electron chi connectivity index (χ1n) is 2.05. The fraction of sp³-hybridized carbons (Fsp3) is 0.667. The molecule has 3 nitrogen and oxygen atoms in total. The molecular formula is C3H8O3PS. The van der Waals surface area contributed by atoms with Crippen molar-refractivity contribution in [2.24, 2.45) is 0 Å². The van der Waals surface area contributed by atoms with Crippen molar-refractivity contribution in [3.63, 3.8) is 0 Å². The van der Waals surface area contributed by atoms with Crippen molar-refractivity contribution in [1.82, 2.24) is 0 Å². The van der Waals surface area contributed by atoms with E-state index in [2.05, 4.69) is 23.3 Å². The smallest absolute Gasteiger partial charge is 0.321 e. The van der Waals surface area contributed by atoms with Crippen LogP contribution in [0.4, 0.5) is 0 Å². The predicted octanol–water partition coefficient (Wildman–Crippen LogP) is 0.436. The van der Waals surface area contributed by atoms with E-state index < -0.39 is 6.72 Å². The van der Waals surface area contributed by atoms with Gasteiger partial charge in [-0.05, 0) is 18.2 Å². The van der Waals surface area contributed by atoms with E-state index in [4.69, 9.17) is 9.79 Å². The maximum atomic E-state index is 8.38. The molecular weight excluding hydrogens is 147 g/mol. The molecule has 2 N–H and O–H groups in total. The van der Waals surface area contributed by atoms with Gasteiger partial charge in [-0.3, -0.25) is 0 Å². The summed E-state index contributed by atoms with van der Waals surface area (Å²) in [5, 5.41) is 0. The van der Waals surface area contributed by atoms with Crippen LogP contribution in [0, 0.1) is 6.92 Å². The van der Waals surface area contributed by atoms with Gasteiger partial charge in [0.25, 0.3) is 0 Å². The molecule has 0 spiro atoms. The Hall–Kier alpha value is 0.530. The van der Waals surface area contributed by atoms with Crippen LogP contribution in [0.25, 0.3) is 0 Å². The van der Waals surface area contributed by atoms with E-state index in [0.717, 1.165) is 0 Å². The molecule has 0 unspecified atom stereocenters. The molecule has 0 bridgehead atoms. The molecule has 0 saturated carbocycles. The minimum Gasteiger partial charge on any atom is -0.325 e. The average molecular weight is 155 g/mol. The van der Waals surface area contributed by atoms with E-state index in [1.54, 1.807) is 0 Å². The maximum Gasteiger partial charge on any atom is 0.321 e. The van der Waals surface area contributed by atoms with E-state index in [1.165, 1.54) is 0 Å². The molecule has 0 aromatic rings. The van der Waals surface area contributed by atoms with E-state index in [9.17, 15) is 0 Å². The molecule has 0 aliphatic carbocycles. The molecule has 0 aliphatic rings. The third-order valence-corrected chi connectivity index (χ3v) is 1.24. The van der Waals surface area contributed by atoms with E-state index >= 15 is 0 Å². The zero-order valence-corrected chi connectivity index (χ0v) is 5.99. The van der Waals surface area contributed by atoms with Gasteiger partial charge in [0.2, 0.25) is 0 Å². The third-order valence-electron chi connectivity index (χ3n) is 0.404. The van der Waals surface area contributed by atoms with Crippen LogP contribution in [0.2, 0.25) is 0 Å². The second-order valence-electron chi connectivity index (χ2n) is 1.18. The maximum absolute atomic E-state index is 8.38. The molecule has 5 heteroatoms. The molecule has 0 fully saturated rings. The van der Waals surface area contributed by atoms with Gasteiger partial charge >= 0.3 is 6.72 Å². The molecule has 0 aromatic carbocycles. The van der Waals surface area contributed by atoms with Gasteiger partial charge in [-0.25, -0.2) is 0 Å². The fourth-order valence-corrected chi connectivity index (χ4v) is 0.774. The Morgan fingerprint density at radius 3 is 2.25 bits per heavy atom. The Morgan fingerprint density at radius 2 is 2.12 bits per heavy atom. The third kappa shape index (κ3) is 6.53. The second-order valence-corrected chi connectivity index (χ2v) is 3.84. The van der Waals surface area contributed by atoms with E-state index in [-0.39, 0.29) is 6.61 Å². The summed E-state index contributed by atoms with van der Waals surface area (Å²) in [5.74, 6) is 0. The largest absolute Gasteiger partial charge is 0.325 e. The lowest BCUT2D eigenvalue weighted by Crippen LogP contribution is -1.88. The topological polar surface area (TPSA) is 49.7 Å². The van der Waals surface area contributed by atoms with E-state index in [1.807, 2.05) is 0 Å². The highest BCUT2D eigenvalue weighted by Gasteiger charge is 2.04. The molecule has 0 atom stereocenters. The fourth-order valence-electron chi connectivity index (χ4n) is 0.183. The zero-order valence-electron chi connectivity index (χ0n) is 4.28. The van der Waals surface area contributed by atoms with Gasteiger partial charge < -0.3 is 14.3 Å². The molecule has 0 rings (SSSR count). The van der Waals surface area contributed by atoms with Crippen LogP contribution in [0.1, 0.15) is 6.42 Å². The standard InChI is InChI=1S/C3H8O3PS/c1-2-3-6-7(4,5)8/h1-3H2,(H2,4,5,8). The Balaban J connectivity index is 3.26. The van der Waals surface area contributed by atoms with Crippen molar-refractivity contribution in [3.8, 4) is 0 Å². The van der Waals surface area contributed by atoms with Crippen LogP contribution >= 0.6 is 6.72 Å². The van der Waals surface area contributed by atoms with Crippen molar-refractivity contribution in [1.29, 1.82) is 0 Å². The van der Waals surface area contributed by atoms with Gasteiger partial charge in [0.1, 0.15) is 0 Å². The minimum absolute atomic E-state index is 0.213. The molecule has 0 saturated heterocycles. The predicted molar refractivity (Wildman–Crippen MR) is 34.6 cm³/mol. The first-order chi connectivity index (χ1) is 3.56. The number of rotatable bonds is 3. The molecule has 49 valence electrons. The molecule has 0 aromatic heterocycles. The van der Waals surface area contributed by atoms with E-state index in [0.29, 0.717) is 6.42 Å². The number of hydrogen-bond donors (Lipinski definition) is 2. The lowest BCUT2D eigenvalue weighted by atomic mass is 10.5. The van der Waals surface area contributed by atoms with Crippen molar-refractivity contribution in [3.05, 3.63) is 6.92 Å². The summed E-state index contributed by atoms with van der Waals surface area (Å²) in [7, 11) is 0. The Bertz CT molecular complexity index is 98.7. The summed E-state index contributed by atoms with van der Waals surface area (Å²) in [6, 6.07) is 0. The zero-order chi connectivity index (χ0) is 6.62. The van der Waals surface area contributed by atoms with Gasteiger partial charge in [-0.2, -0.15) is 0 Å². The summed E-state index contributed by atoms with van der Waals surface area (Å²) < 4.78 is 4.35. The first kappa shape index (κ1) is 8.53. The molecule has 0 heterocycles. The van der Waals surface area contributed by atoms with Crippen molar-refractivity contribution in [2.75, 3.05) is 6.61 Å². The van der Waals surface area contributed by atoms with Crippen molar-refractivity contribution >= 4 is 18.5 Å². The monoisotopic (exact) mass is 155 g/mol. The van der Waals surface area contributed by atoms with Crippen LogP contribution in [0.3, 0.4) is 0 Å². The highest BCUT2D eigenvalue weighted by molar-refractivity contribution is 8.06. The van der Waals surface area contributed by atoms with Gasteiger partial charge in [0, 0.05) is 0 Å². The van der Waals surface area contributed by atoms with Gasteiger partial charge in [0.05, 0.1) is 6.61 Å². The van der Waals surface area contributed by atoms with Crippen LogP contribution in [0.15, 0.2) is 0 Å². The summed E-state index contributed by atoms with van der Waals surface area (Å²) in [6.45, 7) is 0.237. The van der Waals surface area contributed by atoms with Crippen LogP contribution in [-0.2, 0) is 16.3 Å². The SMILES string of the molecule is [CH2]CCOP(O)(O)=S. The van der Waals surface area contributed by atoms with Crippen LogP contribution < -0.4 is 0 Å². The van der Waals surface area contributed by atoms with Gasteiger partial charge in [-0.15, -0.1) is 0 Å². The molecule has 1 radical (unpaired) electrons. The summed E-state index contributed by atoms with van der Waals surface area (Å²) in [5.41, 5.74) is 0. The first-order valence-corrected chi connectivity index (χ1v) is 4.68. The quantitative estimate of drug-likeness (QED) is 0.580. The normalized spacial score (nSPS) is 11.9. The van der Waals surface area contributed by atoms with Crippen molar-refractivity contribution in [2.45, 2.75) is 6.42 Å². The summed E-state index contributed by atoms with van der Waals surface area (Å²) in [6.07, 6.45) is 0.500. The lowest BCUT2D eigenvalue weighted by molar-refractivity contribution is 0.256. The van der Waals surface area contributed by atoms with Crippen LogP contribution in [-0.4, -0.2) is 16.4 Å². The minimum atomic E-state index is -3.39. The molecule has 0 aliphatic heterocycles. The number of hydrogen-bond acceptors (Lipinski definition) is 2. The van der Waals surface area contributed by atoms with Gasteiger partial charge in [0.15, 0.2) is 0 Å². The van der Waals surface area contributed by atoms with Gasteiger partial charge in [-0.1, -0.05) is 6.92 Å². The second kappa shape index (κ2) is 3.54. The lowest BCUT2D eigenvalue weighted by Gasteiger charge is -2.04. The average Bonchev–Trinajstić information content (AvgIpc) is 1.59. The highest BCUT2D eigenvalue weighted by Crippen LogP contribution is 2.35. The van der Waals surface area contributed by atoms with Crippen molar-refractivity contribution < 1.29 is 14.3 Å². The highest BCUT2D eigenvalue weighted by atomic mass is 32.5. The Labute approximate surface area is 53.6 Å². The molecule has 0 amide bonds. The van der Waals surface area contributed by atoms with Crippen LogP contribution in [0.5, 0.6) is 0 Å².